The van der Waals surface area contributed by atoms with Gasteiger partial charge in [0.2, 0.25) is 11.9 Å². The molecule has 8 heteroatoms. The van der Waals surface area contributed by atoms with Gasteiger partial charge < -0.3 is 10.6 Å². The van der Waals surface area contributed by atoms with Gasteiger partial charge in [0.1, 0.15) is 5.39 Å². The molecule has 1 unspecified atom stereocenters. The highest BCUT2D eigenvalue weighted by molar-refractivity contribution is 5.92. The van der Waals surface area contributed by atoms with E-state index in [9.17, 15) is 9.59 Å². The summed E-state index contributed by atoms with van der Waals surface area (Å²) < 4.78 is 1.74. The van der Waals surface area contributed by atoms with Crippen molar-refractivity contribution < 1.29 is 4.79 Å². The van der Waals surface area contributed by atoms with Crippen LogP contribution in [-0.4, -0.2) is 25.7 Å². The maximum atomic E-state index is 12.4. The Kier molecular flexibility index (Phi) is 5.72. The molecule has 2 heterocycles. The van der Waals surface area contributed by atoms with E-state index in [0.717, 1.165) is 17.7 Å². The molecule has 1 atom stereocenters. The molecule has 1 aromatic carbocycles. The molecule has 3 rings (SSSR count). The number of aromatic nitrogens is 4. The Hall–Kier alpha value is -3.16. The molecule has 3 N–H and O–H groups in total. The van der Waals surface area contributed by atoms with E-state index in [4.69, 9.17) is 0 Å². The molecule has 0 radical (unpaired) electrons. The van der Waals surface area contributed by atoms with Crippen LogP contribution in [0.4, 0.5) is 11.6 Å². The van der Waals surface area contributed by atoms with Crippen molar-refractivity contribution in [2.24, 2.45) is 5.92 Å². The van der Waals surface area contributed by atoms with Crippen molar-refractivity contribution in [3.05, 3.63) is 46.4 Å². The molecule has 0 fully saturated rings. The fraction of sp³-hybridized carbons (Fsp3) is 0.429. The molecular formula is C21H28N6O2. The minimum Gasteiger partial charge on any atom is -0.352 e. The molecule has 0 saturated heterocycles. The van der Waals surface area contributed by atoms with E-state index in [-0.39, 0.29) is 22.9 Å². The van der Waals surface area contributed by atoms with Gasteiger partial charge in [-0.05, 0) is 44.9 Å². The number of H-pyrrole nitrogens is 1. The van der Waals surface area contributed by atoms with Crippen LogP contribution in [0.15, 0.2) is 35.3 Å². The number of carbonyl (C=O) groups is 1. The van der Waals surface area contributed by atoms with Gasteiger partial charge >= 0.3 is 0 Å². The van der Waals surface area contributed by atoms with Gasteiger partial charge in [0.15, 0.2) is 5.65 Å². The monoisotopic (exact) mass is 396 g/mol. The molecule has 0 bridgehead atoms. The van der Waals surface area contributed by atoms with Crippen LogP contribution < -0.4 is 16.2 Å². The number of carbonyl (C=O) groups excluding carboxylic acids is 1. The zero-order valence-electron chi connectivity index (χ0n) is 17.5. The second-order valence-corrected chi connectivity index (χ2v) is 8.23. The Bertz CT molecular complexity index is 1080. The van der Waals surface area contributed by atoms with Crippen LogP contribution >= 0.6 is 0 Å². The number of hydrogen-bond donors (Lipinski definition) is 3. The zero-order valence-corrected chi connectivity index (χ0v) is 17.5. The van der Waals surface area contributed by atoms with Crippen LogP contribution in [0.3, 0.4) is 0 Å². The van der Waals surface area contributed by atoms with E-state index < -0.39 is 0 Å². The summed E-state index contributed by atoms with van der Waals surface area (Å²) >= 11 is 0. The summed E-state index contributed by atoms with van der Waals surface area (Å²) in [5.74, 6) is 0.345. The molecule has 0 spiro atoms. The molecule has 3 aromatic rings. The van der Waals surface area contributed by atoms with Gasteiger partial charge in [-0.15, -0.1) is 0 Å². The third-order valence-electron chi connectivity index (χ3n) is 4.79. The molecule has 1 amide bonds. The first-order valence-electron chi connectivity index (χ1n) is 9.81. The lowest BCUT2D eigenvalue weighted by molar-refractivity contribution is -0.119. The quantitative estimate of drug-likeness (QED) is 0.592. The number of hydrogen-bond acceptors (Lipinski definition) is 5. The maximum Gasteiger partial charge on any atom is 0.263 e. The lowest BCUT2D eigenvalue weighted by Crippen LogP contribution is -2.24. The summed E-state index contributed by atoms with van der Waals surface area (Å²) in [6.07, 6.45) is 2.33. The van der Waals surface area contributed by atoms with Crippen LogP contribution in [0.5, 0.6) is 0 Å². The normalized spacial score (nSPS) is 12.7. The largest absolute Gasteiger partial charge is 0.352 e. The van der Waals surface area contributed by atoms with Crippen LogP contribution in [0.2, 0.25) is 0 Å². The SMILES string of the molecule is CCC(C)C(=O)Nc1cccc(CNc2nc3c(cnn3C(C)(C)C)c(=O)[nH]2)c1. The van der Waals surface area contributed by atoms with Gasteiger partial charge in [-0.3, -0.25) is 14.6 Å². The van der Waals surface area contributed by atoms with Crippen molar-refractivity contribution in [3.8, 4) is 0 Å². The standard InChI is InChI=1S/C21H28N6O2/c1-6-13(2)18(28)24-15-9-7-8-14(10-15)11-22-20-25-17-16(19(29)26-20)12-23-27(17)21(3,4)5/h7-10,12-13H,6,11H2,1-5H3,(H,24,28)(H2,22,25,26,29). The minimum absolute atomic E-state index is 0.00417. The first-order chi connectivity index (χ1) is 13.7. The predicted octanol–water partition coefficient (Wildman–Crippen LogP) is 3.47. The molecule has 0 saturated carbocycles. The maximum absolute atomic E-state index is 12.4. The number of aromatic amines is 1. The van der Waals surface area contributed by atoms with E-state index in [1.165, 1.54) is 0 Å². The molecule has 0 aliphatic carbocycles. The second-order valence-electron chi connectivity index (χ2n) is 8.23. The number of rotatable bonds is 6. The Morgan fingerprint density at radius 1 is 1.31 bits per heavy atom. The van der Waals surface area contributed by atoms with Crippen molar-refractivity contribution in [3.63, 3.8) is 0 Å². The van der Waals surface area contributed by atoms with Gasteiger partial charge in [-0.1, -0.05) is 26.0 Å². The minimum atomic E-state index is -0.290. The van der Waals surface area contributed by atoms with Crippen LogP contribution in [0, 0.1) is 5.92 Å². The average Bonchev–Trinajstić information content (AvgIpc) is 3.11. The fourth-order valence-corrected chi connectivity index (χ4v) is 2.89. The van der Waals surface area contributed by atoms with E-state index in [2.05, 4.69) is 25.7 Å². The first kappa shape index (κ1) is 20.6. The number of anilines is 2. The van der Waals surface area contributed by atoms with Crippen LogP contribution in [0.25, 0.3) is 11.0 Å². The van der Waals surface area contributed by atoms with Crippen LogP contribution in [-0.2, 0) is 16.9 Å². The van der Waals surface area contributed by atoms with E-state index in [0.29, 0.717) is 23.5 Å². The molecule has 0 aliphatic heterocycles. The average molecular weight is 396 g/mol. The molecule has 29 heavy (non-hydrogen) atoms. The van der Waals surface area contributed by atoms with Gasteiger partial charge in [0.05, 0.1) is 11.7 Å². The van der Waals surface area contributed by atoms with Crippen molar-refractivity contribution >= 4 is 28.6 Å². The topological polar surface area (TPSA) is 105 Å². The summed E-state index contributed by atoms with van der Waals surface area (Å²) in [6.45, 7) is 10.4. The van der Waals surface area contributed by atoms with Gasteiger partial charge in [0.25, 0.3) is 5.56 Å². The number of nitrogens with zero attached hydrogens (tertiary/aromatic N) is 3. The molecule has 154 valence electrons. The van der Waals surface area contributed by atoms with Crippen molar-refractivity contribution in [1.29, 1.82) is 0 Å². The highest BCUT2D eigenvalue weighted by Gasteiger charge is 2.19. The van der Waals surface area contributed by atoms with E-state index in [1.54, 1.807) is 10.9 Å². The zero-order chi connectivity index (χ0) is 21.2. The van der Waals surface area contributed by atoms with Gasteiger partial charge in [0, 0.05) is 18.2 Å². The molecule has 0 aliphatic rings. The van der Waals surface area contributed by atoms with Crippen molar-refractivity contribution in [2.75, 3.05) is 10.6 Å². The number of benzene rings is 1. The van der Waals surface area contributed by atoms with Crippen molar-refractivity contribution in [1.82, 2.24) is 19.7 Å². The smallest absolute Gasteiger partial charge is 0.263 e. The Morgan fingerprint density at radius 2 is 2.07 bits per heavy atom. The Labute approximate surface area is 169 Å². The summed E-state index contributed by atoms with van der Waals surface area (Å²) in [4.78, 5) is 31.8. The number of amides is 1. The third kappa shape index (κ3) is 4.64. The molecule has 2 aromatic heterocycles. The summed E-state index contributed by atoms with van der Waals surface area (Å²) in [7, 11) is 0. The van der Waals surface area contributed by atoms with Crippen molar-refractivity contribution in [2.45, 2.75) is 53.1 Å². The molecule has 8 nitrogen and oxygen atoms in total. The van der Waals surface area contributed by atoms with E-state index in [1.807, 2.05) is 58.9 Å². The second kappa shape index (κ2) is 8.06. The number of nitrogens with one attached hydrogen (secondary N) is 3. The van der Waals surface area contributed by atoms with E-state index >= 15 is 0 Å². The molecular weight excluding hydrogens is 368 g/mol. The lowest BCUT2D eigenvalue weighted by Gasteiger charge is -2.19. The van der Waals surface area contributed by atoms with Crippen LogP contribution in [0.1, 0.15) is 46.6 Å². The van der Waals surface area contributed by atoms with Gasteiger partial charge in [-0.2, -0.15) is 10.1 Å². The summed E-state index contributed by atoms with van der Waals surface area (Å²) in [5, 5.41) is 10.9. The summed E-state index contributed by atoms with van der Waals surface area (Å²) in [5.41, 5.74) is 1.72. The third-order valence-corrected chi connectivity index (χ3v) is 4.79. The van der Waals surface area contributed by atoms with Gasteiger partial charge in [-0.25, -0.2) is 4.68 Å². The first-order valence-corrected chi connectivity index (χ1v) is 9.81. The predicted molar refractivity (Wildman–Crippen MR) is 115 cm³/mol. The lowest BCUT2D eigenvalue weighted by atomic mass is 10.1. The highest BCUT2D eigenvalue weighted by Crippen LogP contribution is 2.19. The number of fused-ring (bicyclic) bond motifs is 1. The fourth-order valence-electron chi connectivity index (χ4n) is 2.89. The highest BCUT2D eigenvalue weighted by atomic mass is 16.2. The Balaban J connectivity index is 1.78. The Morgan fingerprint density at radius 3 is 2.76 bits per heavy atom. The summed E-state index contributed by atoms with van der Waals surface area (Å²) in [6, 6.07) is 7.60.